The van der Waals surface area contributed by atoms with Gasteiger partial charge in [-0.2, -0.15) is 0 Å². The average Bonchev–Trinajstić information content (AvgIpc) is 3.14. The summed E-state index contributed by atoms with van der Waals surface area (Å²) in [4.78, 5) is 25.0. The van der Waals surface area contributed by atoms with Crippen LogP contribution in [0.25, 0.3) is 21.5 Å². The molecule has 6 heteroatoms. The van der Waals surface area contributed by atoms with Gasteiger partial charge in [0.05, 0.1) is 12.2 Å². The van der Waals surface area contributed by atoms with Crippen LogP contribution in [0.5, 0.6) is 0 Å². The van der Waals surface area contributed by atoms with Crippen LogP contribution in [-0.4, -0.2) is 29.5 Å². The minimum absolute atomic E-state index is 0.101. The molecule has 4 rings (SSSR count). The summed E-state index contributed by atoms with van der Waals surface area (Å²) in [6.07, 6.45) is 3.41. The second-order valence-corrected chi connectivity index (χ2v) is 7.68. The number of likely N-dealkylation sites (N-methyl/N-ethyl adjacent to an activating group) is 1. The van der Waals surface area contributed by atoms with Gasteiger partial charge in [-0.25, -0.2) is 9.97 Å². The molecule has 25 heavy (non-hydrogen) atoms. The van der Waals surface area contributed by atoms with Gasteiger partial charge in [-0.05, 0) is 31.7 Å². The van der Waals surface area contributed by atoms with E-state index in [9.17, 15) is 4.79 Å². The molecule has 1 aliphatic carbocycles. The second-order valence-electron chi connectivity index (χ2n) is 6.60. The number of aromatic nitrogens is 2. The summed E-state index contributed by atoms with van der Waals surface area (Å²) in [6.45, 7) is 2.18. The number of nitrogens with zero attached hydrogens (tertiary/aromatic N) is 3. The minimum Gasteiger partial charge on any atom is -0.368 e. The summed E-state index contributed by atoms with van der Waals surface area (Å²) in [5, 5.41) is 1.18. The molecule has 1 aromatic carbocycles. The Balaban J connectivity index is 1.93. The van der Waals surface area contributed by atoms with Crippen LogP contribution in [0.2, 0.25) is 0 Å². The number of benzene rings is 1. The first-order chi connectivity index (χ1) is 12.0. The molecule has 5 nitrogen and oxygen atoms in total. The molecule has 0 bridgehead atoms. The number of hydrogen-bond acceptors (Lipinski definition) is 5. The van der Waals surface area contributed by atoms with Crippen LogP contribution >= 0.6 is 11.3 Å². The Hall–Kier alpha value is -2.47. The van der Waals surface area contributed by atoms with Crippen LogP contribution in [0.15, 0.2) is 24.3 Å². The maximum Gasteiger partial charge on any atom is 0.237 e. The first-order valence-electron chi connectivity index (χ1n) is 8.41. The molecular formula is C19H20N4OS. The van der Waals surface area contributed by atoms with Crippen molar-refractivity contribution in [1.82, 2.24) is 9.97 Å². The van der Waals surface area contributed by atoms with E-state index in [1.807, 2.05) is 0 Å². The SMILES string of the molecule is Cc1ccc(-c2nc(N(C)CC(N)=O)nc3sc4c(c23)CCC4)cc1. The molecule has 128 valence electrons. The van der Waals surface area contributed by atoms with Crippen LogP contribution in [-0.2, 0) is 17.6 Å². The highest BCUT2D eigenvalue weighted by molar-refractivity contribution is 7.19. The molecular weight excluding hydrogens is 332 g/mol. The number of amides is 1. The van der Waals surface area contributed by atoms with Gasteiger partial charge < -0.3 is 10.6 Å². The molecule has 1 amide bonds. The summed E-state index contributed by atoms with van der Waals surface area (Å²) in [7, 11) is 1.80. The van der Waals surface area contributed by atoms with Crippen LogP contribution in [0.3, 0.4) is 0 Å². The lowest BCUT2D eigenvalue weighted by Gasteiger charge is -2.16. The standard InChI is InChI=1S/C19H20N4OS/c1-11-6-8-12(9-7-11)17-16-13-4-3-5-14(13)25-18(16)22-19(21-17)23(2)10-15(20)24/h6-9H,3-5,10H2,1-2H3,(H2,20,24). The first-order valence-corrected chi connectivity index (χ1v) is 9.23. The van der Waals surface area contributed by atoms with E-state index in [2.05, 4.69) is 31.2 Å². The van der Waals surface area contributed by atoms with E-state index in [-0.39, 0.29) is 6.54 Å². The van der Waals surface area contributed by atoms with Gasteiger partial charge in [-0.3, -0.25) is 4.79 Å². The van der Waals surface area contributed by atoms with Gasteiger partial charge in [0.1, 0.15) is 4.83 Å². The second kappa shape index (κ2) is 6.11. The molecule has 2 N–H and O–H groups in total. The summed E-state index contributed by atoms with van der Waals surface area (Å²) >= 11 is 1.75. The number of primary amides is 1. The molecule has 0 saturated heterocycles. The molecule has 0 spiro atoms. The quantitative estimate of drug-likeness (QED) is 0.783. The lowest BCUT2D eigenvalue weighted by molar-refractivity contribution is -0.116. The van der Waals surface area contributed by atoms with Crippen molar-refractivity contribution in [3.8, 4) is 11.3 Å². The number of carbonyl (C=O) groups is 1. The molecule has 0 atom stereocenters. The van der Waals surface area contributed by atoms with Gasteiger partial charge in [0.15, 0.2) is 0 Å². The molecule has 0 aliphatic heterocycles. The van der Waals surface area contributed by atoms with Crippen LogP contribution in [0, 0.1) is 6.92 Å². The summed E-state index contributed by atoms with van der Waals surface area (Å²) < 4.78 is 0. The third kappa shape index (κ3) is 2.87. The van der Waals surface area contributed by atoms with Crippen molar-refractivity contribution in [2.75, 3.05) is 18.5 Å². The number of hydrogen-bond donors (Lipinski definition) is 1. The number of aryl methyl sites for hydroxylation is 3. The fourth-order valence-electron chi connectivity index (χ4n) is 3.38. The van der Waals surface area contributed by atoms with Gasteiger partial charge in [0, 0.05) is 22.9 Å². The predicted molar refractivity (Wildman–Crippen MR) is 102 cm³/mol. The maximum atomic E-state index is 11.3. The van der Waals surface area contributed by atoms with E-state index >= 15 is 0 Å². The number of anilines is 1. The number of rotatable bonds is 4. The Morgan fingerprint density at radius 3 is 2.72 bits per heavy atom. The van der Waals surface area contributed by atoms with Crippen LogP contribution in [0.4, 0.5) is 5.95 Å². The zero-order valence-corrected chi connectivity index (χ0v) is 15.2. The zero-order valence-electron chi connectivity index (χ0n) is 14.4. The van der Waals surface area contributed by atoms with Crippen molar-refractivity contribution >= 4 is 33.4 Å². The van der Waals surface area contributed by atoms with Crippen LogP contribution in [0.1, 0.15) is 22.4 Å². The largest absolute Gasteiger partial charge is 0.368 e. The predicted octanol–water partition coefficient (Wildman–Crippen LogP) is 3.08. The first kappa shape index (κ1) is 16.0. The maximum absolute atomic E-state index is 11.3. The molecule has 0 unspecified atom stereocenters. The fourth-order valence-corrected chi connectivity index (χ4v) is 4.64. The van der Waals surface area contributed by atoms with Crippen molar-refractivity contribution in [3.05, 3.63) is 40.3 Å². The van der Waals surface area contributed by atoms with Gasteiger partial charge in [-0.15, -0.1) is 11.3 Å². The molecule has 1 aliphatic rings. The smallest absolute Gasteiger partial charge is 0.237 e. The number of fused-ring (bicyclic) bond motifs is 3. The lowest BCUT2D eigenvalue weighted by Crippen LogP contribution is -2.31. The van der Waals surface area contributed by atoms with Crippen LogP contribution < -0.4 is 10.6 Å². The van der Waals surface area contributed by atoms with E-state index in [0.29, 0.717) is 5.95 Å². The lowest BCUT2D eigenvalue weighted by atomic mass is 10.0. The Bertz CT molecular complexity index is 962. The van der Waals surface area contributed by atoms with Crippen molar-refractivity contribution < 1.29 is 4.79 Å². The molecule has 0 saturated carbocycles. The van der Waals surface area contributed by atoms with Crippen molar-refractivity contribution in [2.24, 2.45) is 5.73 Å². The van der Waals surface area contributed by atoms with Crippen molar-refractivity contribution in [2.45, 2.75) is 26.2 Å². The van der Waals surface area contributed by atoms with Crippen molar-refractivity contribution in [1.29, 1.82) is 0 Å². The Labute approximate surface area is 150 Å². The van der Waals surface area contributed by atoms with E-state index < -0.39 is 5.91 Å². The monoisotopic (exact) mass is 352 g/mol. The molecule has 3 aromatic rings. The van der Waals surface area contributed by atoms with E-state index in [0.717, 1.165) is 28.9 Å². The molecule has 0 fully saturated rings. The summed E-state index contributed by atoms with van der Waals surface area (Å²) in [6, 6.07) is 8.41. The Kier molecular flexibility index (Phi) is 3.92. The minimum atomic E-state index is -0.392. The summed E-state index contributed by atoms with van der Waals surface area (Å²) in [5.74, 6) is 0.151. The fraction of sp³-hybridized carbons (Fsp3) is 0.316. The highest BCUT2D eigenvalue weighted by Crippen LogP contribution is 2.41. The number of carbonyl (C=O) groups excluding carboxylic acids is 1. The molecule has 2 aromatic heterocycles. The number of thiophene rings is 1. The van der Waals surface area contributed by atoms with Gasteiger partial charge in [0.25, 0.3) is 0 Å². The molecule has 2 heterocycles. The molecule has 0 radical (unpaired) electrons. The highest BCUT2D eigenvalue weighted by atomic mass is 32.1. The van der Waals surface area contributed by atoms with Crippen molar-refractivity contribution in [3.63, 3.8) is 0 Å². The summed E-state index contributed by atoms with van der Waals surface area (Å²) in [5.41, 5.74) is 9.99. The Morgan fingerprint density at radius 1 is 1.24 bits per heavy atom. The van der Waals surface area contributed by atoms with E-state index in [4.69, 9.17) is 15.7 Å². The highest BCUT2D eigenvalue weighted by Gasteiger charge is 2.23. The number of nitrogens with two attached hydrogens (primary N) is 1. The Morgan fingerprint density at radius 2 is 2.00 bits per heavy atom. The third-order valence-corrected chi connectivity index (χ3v) is 5.80. The van der Waals surface area contributed by atoms with Gasteiger partial charge >= 0.3 is 0 Å². The topological polar surface area (TPSA) is 72.1 Å². The van der Waals surface area contributed by atoms with Gasteiger partial charge in [0.2, 0.25) is 11.9 Å². The van der Waals surface area contributed by atoms with E-state index in [1.54, 1.807) is 23.3 Å². The third-order valence-electron chi connectivity index (χ3n) is 4.61. The van der Waals surface area contributed by atoms with E-state index in [1.165, 1.54) is 27.8 Å². The average molecular weight is 352 g/mol. The zero-order chi connectivity index (χ0) is 17.6. The van der Waals surface area contributed by atoms with Gasteiger partial charge in [-0.1, -0.05) is 29.8 Å². The normalized spacial score (nSPS) is 13.2.